The average molecular weight is 260 g/mol. The van der Waals surface area contributed by atoms with E-state index in [4.69, 9.17) is 5.26 Å². The summed E-state index contributed by atoms with van der Waals surface area (Å²) in [4.78, 5) is 0. The van der Waals surface area contributed by atoms with Gasteiger partial charge in [-0.1, -0.05) is 19.8 Å². The van der Waals surface area contributed by atoms with E-state index >= 15 is 0 Å². The number of benzene rings is 1. The number of nitrogens with one attached hydrogen (secondary N) is 1. The molecule has 102 valence electrons. The molecule has 0 heterocycles. The summed E-state index contributed by atoms with van der Waals surface area (Å²) in [5, 5.41) is 12.2. The van der Waals surface area contributed by atoms with Gasteiger partial charge in [-0.2, -0.15) is 5.26 Å². The van der Waals surface area contributed by atoms with Gasteiger partial charge in [-0.15, -0.1) is 0 Å². The Morgan fingerprint density at radius 3 is 2.95 bits per heavy atom. The molecule has 0 radical (unpaired) electrons. The normalized spacial score (nSPS) is 23.0. The van der Waals surface area contributed by atoms with Crippen LogP contribution in [0.3, 0.4) is 0 Å². The van der Waals surface area contributed by atoms with E-state index in [1.807, 2.05) is 6.07 Å². The minimum atomic E-state index is -0.331. The lowest BCUT2D eigenvalue weighted by molar-refractivity contribution is 0.274. The van der Waals surface area contributed by atoms with E-state index in [0.29, 0.717) is 12.1 Å². The second-order valence-electron chi connectivity index (χ2n) is 5.73. The van der Waals surface area contributed by atoms with Crippen LogP contribution in [0, 0.1) is 29.0 Å². The van der Waals surface area contributed by atoms with Crippen molar-refractivity contribution in [2.45, 2.75) is 39.2 Å². The Balaban J connectivity index is 1.82. The number of nitriles is 1. The molecular formula is C16H21FN2. The maximum Gasteiger partial charge on any atom is 0.124 e. The van der Waals surface area contributed by atoms with Gasteiger partial charge in [-0.05, 0) is 55.0 Å². The molecule has 1 aromatic carbocycles. The zero-order valence-corrected chi connectivity index (χ0v) is 11.5. The molecule has 2 nitrogen and oxygen atoms in total. The van der Waals surface area contributed by atoms with Crippen LogP contribution in [0.2, 0.25) is 0 Å². The highest BCUT2D eigenvalue weighted by Crippen LogP contribution is 2.27. The van der Waals surface area contributed by atoms with Gasteiger partial charge >= 0.3 is 0 Å². The van der Waals surface area contributed by atoms with Gasteiger partial charge in [-0.3, -0.25) is 0 Å². The van der Waals surface area contributed by atoms with Crippen LogP contribution in [-0.2, 0) is 6.54 Å². The summed E-state index contributed by atoms with van der Waals surface area (Å²) in [5.41, 5.74) is 1.24. The van der Waals surface area contributed by atoms with Crippen molar-refractivity contribution in [3.05, 3.63) is 35.1 Å². The molecule has 1 aliphatic carbocycles. The van der Waals surface area contributed by atoms with Crippen molar-refractivity contribution in [3.63, 3.8) is 0 Å². The molecule has 1 saturated carbocycles. The Kier molecular flexibility index (Phi) is 4.93. The number of hydrogen-bond donors (Lipinski definition) is 1. The summed E-state index contributed by atoms with van der Waals surface area (Å²) in [6.45, 7) is 3.94. The molecule has 19 heavy (non-hydrogen) atoms. The van der Waals surface area contributed by atoms with Crippen LogP contribution in [0.1, 0.15) is 43.7 Å². The Bertz CT molecular complexity index is 464. The predicted molar refractivity (Wildman–Crippen MR) is 73.9 cm³/mol. The minimum Gasteiger partial charge on any atom is -0.312 e. The number of nitrogens with zero attached hydrogens (tertiary/aromatic N) is 1. The lowest BCUT2D eigenvalue weighted by Gasteiger charge is -2.26. The van der Waals surface area contributed by atoms with Crippen molar-refractivity contribution in [2.75, 3.05) is 6.54 Å². The van der Waals surface area contributed by atoms with Crippen molar-refractivity contribution >= 4 is 0 Å². The van der Waals surface area contributed by atoms with Crippen molar-refractivity contribution in [1.82, 2.24) is 5.32 Å². The highest BCUT2D eigenvalue weighted by molar-refractivity contribution is 5.33. The fourth-order valence-corrected chi connectivity index (χ4v) is 2.98. The van der Waals surface area contributed by atoms with Gasteiger partial charge < -0.3 is 5.32 Å². The van der Waals surface area contributed by atoms with Gasteiger partial charge in [0.2, 0.25) is 0 Å². The number of halogens is 1. The van der Waals surface area contributed by atoms with Gasteiger partial charge in [-0.25, -0.2) is 4.39 Å². The van der Waals surface area contributed by atoms with Gasteiger partial charge in [0.05, 0.1) is 11.6 Å². The highest BCUT2D eigenvalue weighted by Gasteiger charge is 2.18. The molecule has 2 atom stereocenters. The SMILES string of the molecule is CC1CCCC(CNCc2cc(F)cc(C#N)c2)C1. The Labute approximate surface area is 114 Å². The molecule has 0 bridgehead atoms. The zero-order valence-electron chi connectivity index (χ0n) is 11.5. The third kappa shape index (κ3) is 4.33. The molecule has 1 fully saturated rings. The van der Waals surface area contributed by atoms with Crippen LogP contribution in [0.15, 0.2) is 18.2 Å². The molecule has 0 spiro atoms. The highest BCUT2D eigenvalue weighted by atomic mass is 19.1. The van der Waals surface area contributed by atoms with Crippen molar-refractivity contribution in [3.8, 4) is 6.07 Å². The second kappa shape index (κ2) is 6.68. The first-order chi connectivity index (χ1) is 9.17. The molecule has 0 aromatic heterocycles. The van der Waals surface area contributed by atoms with Crippen LogP contribution in [0.5, 0.6) is 0 Å². The molecule has 2 rings (SSSR count). The molecule has 1 aromatic rings. The van der Waals surface area contributed by atoms with Gasteiger partial charge in [0, 0.05) is 6.54 Å². The maximum absolute atomic E-state index is 13.3. The van der Waals surface area contributed by atoms with E-state index in [0.717, 1.165) is 23.9 Å². The summed E-state index contributed by atoms with van der Waals surface area (Å²) in [5.74, 6) is 1.25. The number of rotatable bonds is 4. The molecule has 2 unspecified atom stereocenters. The van der Waals surface area contributed by atoms with Crippen LogP contribution in [0.4, 0.5) is 4.39 Å². The van der Waals surface area contributed by atoms with E-state index in [9.17, 15) is 4.39 Å². The quantitative estimate of drug-likeness (QED) is 0.897. The van der Waals surface area contributed by atoms with Crippen molar-refractivity contribution < 1.29 is 4.39 Å². The largest absolute Gasteiger partial charge is 0.312 e. The van der Waals surface area contributed by atoms with Gasteiger partial charge in [0.25, 0.3) is 0 Å². The summed E-state index contributed by atoms with van der Waals surface area (Å²) >= 11 is 0. The van der Waals surface area contributed by atoms with E-state index in [2.05, 4.69) is 12.2 Å². The monoisotopic (exact) mass is 260 g/mol. The smallest absolute Gasteiger partial charge is 0.124 e. The lowest BCUT2D eigenvalue weighted by Crippen LogP contribution is -2.26. The Morgan fingerprint density at radius 2 is 2.21 bits per heavy atom. The molecular weight excluding hydrogens is 239 g/mol. The predicted octanol–water partition coefficient (Wildman–Crippen LogP) is 3.61. The first-order valence-electron chi connectivity index (χ1n) is 7.07. The molecule has 0 aliphatic heterocycles. The third-order valence-corrected chi connectivity index (χ3v) is 3.89. The first-order valence-corrected chi connectivity index (χ1v) is 7.07. The Morgan fingerprint density at radius 1 is 1.37 bits per heavy atom. The van der Waals surface area contributed by atoms with Crippen LogP contribution in [0.25, 0.3) is 0 Å². The van der Waals surface area contributed by atoms with E-state index in [1.165, 1.54) is 37.8 Å². The summed E-state index contributed by atoms with van der Waals surface area (Å²) < 4.78 is 13.3. The second-order valence-corrected chi connectivity index (χ2v) is 5.73. The van der Waals surface area contributed by atoms with E-state index < -0.39 is 0 Å². The van der Waals surface area contributed by atoms with Crippen molar-refractivity contribution in [1.29, 1.82) is 5.26 Å². The molecule has 0 amide bonds. The summed E-state index contributed by atoms with van der Waals surface area (Å²) in [7, 11) is 0. The van der Waals surface area contributed by atoms with Crippen LogP contribution < -0.4 is 5.32 Å². The van der Waals surface area contributed by atoms with Gasteiger partial charge in [0.1, 0.15) is 5.82 Å². The lowest BCUT2D eigenvalue weighted by atomic mass is 9.82. The van der Waals surface area contributed by atoms with Crippen molar-refractivity contribution in [2.24, 2.45) is 11.8 Å². The molecule has 0 saturated heterocycles. The van der Waals surface area contributed by atoms with Crippen LogP contribution >= 0.6 is 0 Å². The molecule has 1 N–H and O–H groups in total. The molecule has 3 heteroatoms. The zero-order chi connectivity index (χ0) is 13.7. The summed E-state index contributed by atoms with van der Waals surface area (Å²) in [6, 6.07) is 6.50. The third-order valence-electron chi connectivity index (χ3n) is 3.89. The summed E-state index contributed by atoms with van der Waals surface area (Å²) in [6.07, 6.45) is 5.27. The standard InChI is InChI=1S/C16H21FN2/c1-12-3-2-4-13(5-12)10-19-11-15-6-14(9-18)7-16(17)8-15/h6-8,12-13,19H,2-5,10-11H2,1H3. The Hall–Kier alpha value is -1.40. The average Bonchev–Trinajstić information content (AvgIpc) is 2.38. The maximum atomic E-state index is 13.3. The number of hydrogen-bond acceptors (Lipinski definition) is 2. The van der Waals surface area contributed by atoms with Crippen LogP contribution in [-0.4, -0.2) is 6.54 Å². The topological polar surface area (TPSA) is 35.8 Å². The van der Waals surface area contributed by atoms with E-state index in [1.54, 1.807) is 6.07 Å². The molecule has 1 aliphatic rings. The fourth-order valence-electron chi connectivity index (χ4n) is 2.98. The first kappa shape index (κ1) is 14.0. The van der Waals surface area contributed by atoms with Gasteiger partial charge in [0.15, 0.2) is 0 Å². The van der Waals surface area contributed by atoms with E-state index in [-0.39, 0.29) is 5.82 Å². The minimum absolute atomic E-state index is 0.331. The fraction of sp³-hybridized carbons (Fsp3) is 0.562.